The van der Waals surface area contributed by atoms with Crippen LogP contribution in [0.5, 0.6) is 0 Å². The Morgan fingerprint density at radius 1 is 0.971 bits per heavy atom. The Kier molecular flexibility index (Phi) is 5.63. The van der Waals surface area contributed by atoms with Crippen LogP contribution in [-0.2, 0) is 6.54 Å². The second kappa shape index (κ2) is 8.76. The summed E-state index contributed by atoms with van der Waals surface area (Å²) in [6.45, 7) is 4.38. The molecular formula is C27H27N7. The predicted molar refractivity (Wildman–Crippen MR) is 129 cm³/mol. The Morgan fingerprint density at radius 3 is 2.41 bits per heavy atom. The van der Waals surface area contributed by atoms with E-state index in [4.69, 9.17) is 4.98 Å². The lowest BCUT2D eigenvalue weighted by Crippen LogP contribution is -2.17. The Bertz CT molecular complexity index is 1390. The molecule has 5 rings (SSSR count). The molecule has 3 heterocycles. The van der Waals surface area contributed by atoms with Gasteiger partial charge in [-0.25, -0.2) is 4.52 Å². The summed E-state index contributed by atoms with van der Waals surface area (Å²) in [5, 5.41) is 27.6. The third-order valence-corrected chi connectivity index (χ3v) is 6.78. The minimum atomic E-state index is -0.462. The Balaban J connectivity index is 1.43. The molecule has 0 saturated heterocycles. The number of benzene rings is 1. The number of nitrogens with zero attached hydrogens (tertiary/aromatic N) is 7. The number of aromatic nitrogens is 5. The second-order valence-electron chi connectivity index (χ2n) is 9.84. The lowest BCUT2D eigenvalue weighted by atomic mass is 9.80. The molecule has 1 saturated carbocycles. The molecule has 1 aliphatic carbocycles. The van der Waals surface area contributed by atoms with Gasteiger partial charge in [-0.3, -0.25) is 9.67 Å². The fourth-order valence-corrected chi connectivity index (χ4v) is 4.86. The topological polar surface area (TPSA) is 95.6 Å². The maximum atomic E-state index is 9.29. The number of fused-ring (bicyclic) bond motifs is 1. The highest BCUT2D eigenvalue weighted by molar-refractivity contribution is 5.83. The van der Waals surface area contributed by atoms with Crippen LogP contribution in [0.15, 0.2) is 55.2 Å². The molecule has 1 fully saturated rings. The zero-order valence-electron chi connectivity index (χ0n) is 19.5. The molecule has 0 atom stereocenters. The average Bonchev–Trinajstić information content (AvgIpc) is 3.51. The van der Waals surface area contributed by atoms with E-state index >= 15 is 0 Å². The van der Waals surface area contributed by atoms with Gasteiger partial charge >= 0.3 is 0 Å². The summed E-state index contributed by atoms with van der Waals surface area (Å²) in [6, 6.07) is 13.2. The highest BCUT2D eigenvalue weighted by Crippen LogP contribution is 2.38. The minimum absolute atomic E-state index is 0.170. The van der Waals surface area contributed by atoms with Crippen molar-refractivity contribution in [2.45, 2.75) is 52.0 Å². The van der Waals surface area contributed by atoms with Crippen molar-refractivity contribution in [2.24, 2.45) is 11.3 Å². The first-order valence-electron chi connectivity index (χ1n) is 11.7. The van der Waals surface area contributed by atoms with E-state index in [1.165, 1.54) is 0 Å². The van der Waals surface area contributed by atoms with Crippen LogP contribution in [0.4, 0.5) is 0 Å². The minimum Gasteiger partial charge on any atom is -0.271 e. The summed E-state index contributed by atoms with van der Waals surface area (Å²) in [5.41, 5.74) is 5.95. The Morgan fingerprint density at radius 2 is 1.71 bits per heavy atom. The molecule has 7 heteroatoms. The first-order chi connectivity index (χ1) is 16.5. The van der Waals surface area contributed by atoms with Crippen molar-refractivity contribution in [3.63, 3.8) is 0 Å². The van der Waals surface area contributed by atoms with E-state index in [9.17, 15) is 10.5 Å². The van der Waals surface area contributed by atoms with Gasteiger partial charge in [0.05, 0.1) is 47.7 Å². The van der Waals surface area contributed by atoms with Gasteiger partial charge in [-0.2, -0.15) is 20.7 Å². The Labute approximate surface area is 199 Å². The summed E-state index contributed by atoms with van der Waals surface area (Å²) >= 11 is 0. The second-order valence-corrected chi connectivity index (χ2v) is 9.84. The molecule has 0 amide bonds. The van der Waals surface area contributed by atoms with Gasteiger partial charge in [0.15, 0.2) is 0 Å². The number of rotatable bonds is 5. The summed E-state index contributed by atoms with van der Waals surface area (Å²) in [7, 11) is 0. The molecule has 7 nitrogen and oxygen atoms in total. The van der Waals surface area contributed by atoms with E-state index < -0.39 is 5.41 Å². The van der Waals surface area contributed by atoms with Gasteiger partial charge in [0.2, 0.25) is 0 Å². The lowest BCUT2D eigenvalue weighted by Gasteiger charge is -2.24. The van der Waals surface area contributed by atoms with Gasteiger partial charge in [-0.15, -0.1) is 0 Å². The fourth-order valence-electron chi connectivity index (χ4n) is 4.86. The van der Waals surface area contributed by atoms with Crippen molar-refractivity contribution in [2.75, 3.05) is 0 Å². The molecule has 0 N–H and O–H groups in total. The molecule has 4 aromatic rings. The highest BCUT2D eigenvalue weighted by atomic mass is 15.3. The summed E-state index contributed by atoms with van der Waals surface area (Å²) in [4.78, 5) is 4.77. The van der Waals surface area contributed by atoms with E-state index in [0.29, 0.717) is 12.5 Å². The van der Waals surface area contributed by atoms with Gasteiger partial charge in [0.1, 0.15) is 0 Å². The largest absolute Gasteiger partial charge is 0.271 e. The molecule has 0 bridgehead atoms. The van der Waals surface area contributed by atoms with E-state index in [1.54, 1.807) is 0 Å². The summed E-state index contributed by atoms with van der Waals surface area (Å²) in [5.74, 6) is 0.523. The van der Waals surface area contributed by atoms with E-state index in [0.717, 1.165) is 59.1 Å². The van der Waals surface area contributed by atoms with Gasteiger partial charge < -0.3 is 0 Å². The third-order valence-electron chi connectivity index (χ3n) is 6.78. The van der Waals surface area contributed by atoms with Gasteiger partial charge in [-0.05, 0) is 50.7 Å². The molecule has 0 spiro atoms. The highest BCUT2D eigenvalue weighted by Gasteiger charge is 2.26. The van der Waals surface area contributed by atoms with Gasteiger partial charge in [0, 0.05) is 41.6 Å². The van der Waals surface area contributed by atoms with Crippen molar-refractivity contribution >= 4 is 5.52 Å². The van der Waals surface area contributed by atoms with E-state index in [-0.39, 0.29) is 5.92 Å². The van der Waals surface area contributed by atoms with Crippen LogP contribution in [0.3, 0.4) is 0 Å². The molecule has 0 unspecified atom stereocenters. The van der Waals surface area contributed by atoms with Crippen LogP contribution < -0.4 is 0 Å². The number of hydrogen-bond donors (Lipinski definition) is 0. The average molecular weight is 450 g/mol. The maximum absolute atomic E-state index is 9.29. The quantitative estimate of drug-likeness (QED) is 0.395. The maximum Gasteiger partial charge on any atom is 0.0958 e. The normalized spacial score (nSPS) is 18.5. The molecule has 34 heavy (non-hydrogen) atoms. The molecule has 170 valence electrons. The fraction of sp³-hybridized carbons (Fsp3) is 0.370. The van der Waals surface area contributed by atoms with Gasteiger partial charge in [0.25, 0.3) is 0 Å². The standard InChI is InChI=1S/C27H27N7/c1-27(2,17-29)18-33-16-23(14-31-33)20-7-9-21(10-8-20)24-15-32-34-12-11-30-25(26(24)34)22-5-3-19(13-28)4-6-22/h7-12,14-16,19,22H,3-6,18H2,1-2H3. The third kappa shape index (κ3) is 4.18. The van der Waals surface area contributed by atoms with Crippen molar-refractivity contribution in [3.8, 4) is 34.4 Å². The van der Waals surface area contributed by atoms with Crippen molar-refractivity contribution in [3.05, 3.63) is 60.9 Å². The molecule has 0 radical (unpaired) electrons. The van der Waals surface area contributed by atoms with Gasteiger partial charge in [-0.1, -0.05) is 24.3 Å². The summed E-state index contributed by atoms with van der Waals surface area (Å²) < 4.78 is 3.75. The molecule has 1 aliphatic rings. The van der Waals surface area contributed by atoms with Crippen LogP contribution >= 0.6 is 0 Å². The first-order valence-corrected chi connectivity index (χ1v) is 11.7. The number of nitriles is 2. The number of hydrogen-bond acceptors (Lipinski definition) is 5. The summed E-state index contributed by atoms with van der Waals surface area (Å²) in [6.07, 6.45) is 13.3. The van der Waals surface area contributed by atoms with Crippen LogP contribution in [-0.4, -0.2) is 24.4 Å². The monoisotopic (exact) mass is 449 g/mol. The SMILES string of the molecule is CC(C)(C#N)Cn1cc(-c2ccc(-c3cnn4ccnc(C5CCC(C#N)CC5)c34)cc2)cn1. The zero-order chi connectivity index (χ0) is 23.7. The molecule has 1 aromatic carbocycles. The zero-order valence-corrected chi connectivity index (χ0v) is 19.5. The van der Waals surface area contributed by atoms with Crippen molar-refractivity contribution < 1.29 is 0 Å². The van der Waals surface area contributed by atoms with Crippen LogP contribution in [0.1, 0.15) is 51.1 Å². The predicted octanol–water partition coefficient (Wildman–Crippen LogP) is 5.61. The molecule has 3 aromatic heterocycles. The van der Waals surface area contributed by atoms with Crippen LogP contribution in [0, 0.1) is 34.0 Å². The van der Waals surface area contributed by atoms with Crippen molar-refractivity contribution in [1.29, 1.82) is 10.5 Å². The first kappa shape index (κ1) is 21.9. The Hall–Kier alpha value is -3.97. The van der Waals surface area contributed by atoms with Crippen LogP contribution in [0.25, 0.3) is 27.8 Å². The molecular weight excluding hydrogens is 422 g/mol. The lowest BCUT2D eigenvalue weighted by molar-refractivity contribution is 0.378. The van der Waals surface area contributed by atoms with Crippen molar-refractivity contribution in [1.82, 2.24) is 24.4 Å². The smallest absolute Gasteiger partial charge is 0.0958 e. The van der Waals surface area contributed by atoms with Crippen LogP contribution in [0.2, 0.25) is 0 Å². The molecule has 0 aliphatic heterocycles. The van der Waals surface area contributed by atoms with E-state index in [1.807, 2.05) is 54.0 Å². The van der Waals surface area contributed by atoms with E-state index in [2.05, 4.69) is 46.6 Å².